The number of piperazine rings is 1. The molecule has 1 aromatic rings. The van der Waals surface area contributed by atoms with Crippen molar-refractivity contribution in [3.05, 3.63) is 29.8 Å². The molecule has 1 aromatic carbocycles. The average Bonchev–Trinajstić information content (AvgIpc) is 2.31. The largest absolute Gasteiger partial charge is 0.398 e. The highest BCUT2D eigenvalue weighted by Gasteiger charge is 2.16. The van der Waals surface area contributed by atoms with E-state index < -0.39 is 6.10 Å². The van der Waals surface area contributed by atoms with Gasteiger partial charge < -0.3 is 16.2 Å². The summed E-state index contributed by atoms with van der Waals surface area (Å²) >= 11 is 0. The number of aliphatic hydroxyl groups is 1. The summed E-state index contributed by atoms with van der Waals surface area (Å²) < 4.78 is 0. The van der Waals surface area contributed by atoms with Gasteiger partial charge in [0, 0.05) is 44.0 Å². The fraction of sp³-hybridized carbons (Fsp3) is 0.500. The normalized spacial score (nSPS) is 19.6. The Kier molecular flexibility index (Phi) is 3.77. The smallest absolute Gasteiger partial charge is 0.0936 e. The lowest BCUT2D eigenvalue weighted by Gasteiger charge is -2.29. The van der Waals surface area contributed by atoms with Crippen LogP contribution in [0.25, 0.3) is 0 Å². The topological polar surface area (TPSA) is 61.5 Å². The summed E-state index contributed by atoms with van der Waals surface area (Å²) in [6, 6.07) is 7.52. The number of para-hydroxylation sites is 1. The van der Waals surface area contributed by atoms with E-state index in [0.717, 1.165) is 31.7 Å². The fourth-order valence-corrected chi connectivity index (χ4v) is 2.05. The lowest BCUT2D eigenvalue weighted by atomic mass is 10.1. The summed E-state index contributed by atoms with van der Waals surface area (Å²) in [6.07, 6.45) is -0.487. The first-order valence-corrected chi connectivity index (χ1v) is 5.73. The number of nitrogens with zero attached hydrogens (tertiary/aromatic N) is 1. The van der Waals surface area contributed by atoms with Crippen molar-refractivity contribution in [2.24, 2.45) is 0 Å². The van der Waals surface area contributed by atoms with E-state index in [9.17, 15) is 5.11 Å². The van der Waals surface area contributed by atoms with Gasteiger partial charge in [0.25, 0.3) is 0 Å². The summed E-state index contributed by atoms with van der Waals surface area (Å²) in [5, 5.41) is 13.4. The molecule has 0 radical (unpaired) electrons. The molecule has 1 unspecified atom stereocenters. The van der Waals surface area contributed by atoms with Crippen LogP contribution in [-0.2, 0) is 0 Å². The number of hydrogen-bond donors (Lipinski definition) is 3. The summed E-state index contributed by atoms with van der Waals surface area (Å²) in [4.78, 5) is 2.26. The SMILES string of the molecule is Nc1ccccc1C(O)CN1CCNCC1. The van der Waals surface area contributed by atoms with Crippen LogP contribution < -0.4 is 11.1 Å². The van der Waals surface area contributed by atoms with E-state index in [1.807, 2.05) is 24.3 Å². The molecule has 0 aliphatic carbocycles. The van der Waals surface area contributed by atoms with Crippen LogP contribution in [0.5, 0.6) is 0 Å². The van der Waals surface area contributed by atoms with Gasteiger partial charge in [-0.25, -0.2) is 0 Å². The Balaban J connectivity index is 1.96. The second-order valence-corrected chi connectivity index (χ2v) is 4.20. The van der Waals surface area contributed by atoms with Crippen molar-refractivity contribution in [2.75, 3.05) is 38.5 Å². The Morgan fingerprint density at radius 1 is 1.31 bits per heavy atom. The van der Waals surface area contributed by atoms with Gasteiger partial charge in [0.05, 0.1) is 6.10 Å². The van der Waals surface area contributed by atoms with Gasteiger partial charge in [-0.3, -0.25) is 4.90 Å². The van der Waals surface area contributed by atoms with Crippen LogP contribution >= 0.6 is 0 Å². The number of nitrogen functional groups attached to an aromatic ring is 1. The standard InChI is InChI=1S/C12H19N3O/c13-11-4-2-1-3-10(11)12(16)9-15-7-5-14-6-8-15/h1-4,12,14,16H,5-9,13H2. The average molecular weight is 221 g/mol. The van der Waals surface area contributed by atoms with Gasteiger partial charge in [0.2, 0.25) is 0 Å². The first-order valence-electron chi connectivity index (χ1n) is 5.73. The molecular formula is C12H19N3O. The molecule has 1 aliphatic heterocycles. The number of hydrogen-bond acceptors (Lipinski definition) is 4. The van der Waals surface area contributed by atoms with E-state index in [0.29, 0.717) is 12.2 Å². The Labute approximate surface area is 96.1 Å². The maximum Gasteiger partial charge on any atom is 0.0936 e. The Morgan fingerprint density at radius 3 is 2.69 bits per heavy atom. The second-order valence-electron chi connectivity index (χ2n) is 4.20. The number of nitrogens with one attached hydrogen (secondary N) is 1. The minimum absolute atomic E-state index is 0.487. The highest BCUT2D eigenvalue weighted by molar-refractivity contribution is 5.47. The molecule has 0 spiro atoms. The molecule has 4 heteroatoms. The molecule has 1 aliphatic rings. The maximum absolute atomic E-state index is 10.1. The summed E-state index contributed by atoms with van der Waals surface area (Å²) in [6.45, 7) is 4.64. The molecule has 4 nitrogen and oxygen atoms in total. The molecule has 1 saturated heterocycles. The molecule has 1 heterocycles. The minimum Gasteiger partial charge on any atom is -0.398 e. The van der Waals surface area contributed by atoms with Gasteiger partial charge in [-0.05, 0) is 6.07 Å². The third-order valence-corrected chi connectivity index (χ3v) is 3.00. The quantitative estimate of drug-likeness (QED) is 0.638. The lowest BCUT2D eigenvalue weighted by molar-refractivity contribution is 0.106. The first-order chi connectivity index (χ1) is 7.77. The number of benzene rings is 1. The highest BCUT2D eigenvalue weighted by atomic mass is 16.3. The van der Waals surface area contributed by atoms with Gasteiger partial charge in [-0.1, -0.05) is 18.2 Å². The zero-order chi connectivity index (χ0) is 11.4. The molecule has 1 fully saturated rings. The van der Waals surface area contributed by atoms with Crippen LogP contribution in [-0.4, -0.2) is 42.7 Å². The molecule has 2 rings (SSSR count). The maximum atomic E-state index is 10.1. The monoisotopic (exact) mass is 221 g/mol. The number of nitrogens with two attached hydrogens (primary N) is 1. The highest BCUT2D eigenvalue weighted by Crippen LogP contribution is 2.20. The molecule has 0 bridgehead atoms. The first kappa shape index (κ1) is 11.4. The third kappa shape index (κ3) is 2.72. The summed E-state index contributed by atoms with van der Waals surface area (Å²) in [7, 11) is 0. The molecule has 1 atom stereocenters. The number of aliphatic hydroxyl groups excluding tert-OH is 1. The van der Waals surface area contributed by atoms with Gasteiger partial charge in [0.15, 0.2) is 0 Å². The molecule has 0 aromatic heterocycles. The van der Waals surface area contributed by atoms with Crippen molar-refractivity contribution < 1.29 is 5.11 Å². The molecule has 4 N–H and O–H groups in total. The van der Waals surface area contributed by atoms with Crippen LogP contribution in [0.4, 0.5) is 5.69 Å². The van der Waals surface area contributed by atoms with Gasteiger partial charge in [-0.2, -0.15) is 0 Å². The van der Waals surface area contributed by atoms with E-state index in [1.54, 1.807) is 0 Å². The molecular weight excluding hydrogens is 202 g/mol. The minimum atomic E-state index is -0.487. The number of rotatable bonds is 3. The predicted molar refractivity (Wildman–Crippen MR) is 65.1 cm³/mol. The number of β-amino-alcohol motifs (C(OH)–C–C–N with tert-alkyl or cyclic N) is 1. The van der Waals surface area contributed by atoms with Crippen molar-refractivity contribution in [3.8, 4) is 0 Å². The van der Waals surface area contributed by atoms with Crippen LogP contribution in [0, 0.1) is 0 Å². The van der Waals surface area contributed by atoms with Crippen molar-refractivity contribution >= 4 is 5.69 Å². The van der Waals surface area contributed by atoms with Crippen molar-refractivity contribution in [2.45, 2.75) is 6.10 Å². The number of anilines is 1. The lowest BCUT2D eigenvalue weighted by Crippen LogP contribution is -2.45. The Morgan fingerprint density at radius 2 is 2.00 bits per heavy atom. The van der Waals surface area contributed by atoms with E-state index in [-0.39, 0.29) is 0 Å². The molecule has 0 amide bonds. The van der Waals surface area contributed by atoms with Gasteiger partial charge in [0.1, 0.15) is 0 Å². The van der Waals surface area contributed by atoms with E-state index in [4.69, 9.17) is 5.73 Å². The summed E-state index contributed by atoms with van der Waals surface area (Å²) in [5.74, 6) is 0. The van der Waals surface area contributed by atoms with Crippen LogP contribution in [0.2, 0.25) is 0 Å². The van der Waals surface area contributed by atoms with Gasteiger partial charge >= 0.3 is 0 Å². The van der Waals surface area contributed by atoms with E-state index in [1.165, 1.54) is 0 Å². The third-order valence-electron chi connectivity index (χ3n) is 3.00. The predicted octanol–water partition coefficient (Wildman–Crippen LogP) is 0.207. The van der Waals surface area contributed by atoms with Crippen molar-refractivity contribution in [1.29, 1.82) is 0 Å². The van der Waals surface area contributed by atoms with Crippen LogP contribution in [0.3, 0.4) is 0 Å². The Bertz CT molecular complexity index is 337. The molecule has 0 saturated carbocycles. The van der Waals surface area contributed by atoms with Crippen molar-refractivity contribution in [3.63, 3.8) is 0 Å². The second kappa shape index (κ2) is 5.30. The summed E-state index contributed by atoms with van der Waals surface area (Å²) in [5.41, 5.74) is 7.34. The van der Waals surface area contributed by atoms with E-state index in [2.05, 4.69) is 10.2 Å². The van der Waals surface area contributed by atoms with Crippen molar-refractivity contribution in [1.82, 2.24) is 10.2 Å². The molecule has 88 valence electrons. The van der Waals surface area contributed by atoms with Crippen LogP contribution in [0.1, 0.15) is 11.7 Å². The van der Waals surface area contributed by atoms with Gasteiger partial charge in [-0.15, -0.1) is 0 Å². The zero-order valence-electron chi connectivity index (χ0n) is 9.39. The Hall–Kier alpha value is -1.10. The van der Waals surface area contributed by atoms with E-state index >= 15 is 0 Å². The molecule has 16 heavy (non-hydrogen) atoms. The zero-order valence-corrected chi connectivity index (χ0v) is 9.39. The fourth-order valence-electron chi connectivity index (χ4n) is 2.05. The van der Waals surface area contributed by atoms with Crippen LogP contribution in [0.15, 0.2) is 24.3 Å².